The van der Waals surface area contributed by atoms with Gasteiger partial charge < -0.3 is 14.6 Å². The molecule has 2 aliphatic carbocycles. The fraction of sp³-hybridized carbons (Fsp3) is 0.706. The molecule has 0 aromatic heterocycles. The highest BCUT2D eigenvalue weighted by atomic mass is 28.4. The Balaban J connectivity index is 2.55. The van der Waals surface area contributed by atoms with Crippen molar-refractivity contribution in [2.45, 2.75) is 69.9 Å². The molecule has 0 heterocycles. The van der Waals surface area contributed by atoms with Gasteiger partial charge in [-0.25, -0.2) is 0 Å². The molecule has 22 heavy (non-hydrogen) atoms. The van der Waals surface area contributed by atoms with Crippen LogP contribution < -0.4 is 0 Å². The fourth-order valence-corrected chi connectivity index (χ4v) is 4.95. The number of aliphatic hydroxyl groups is 2. The highest BCUT2D eigenvalue weighted by Crippen LogP contribution is 2.55. The van der Waals surface area contributed by atoms with Gasteiger partial charge in [-0.2, -0.15) is 0 Å². The summed E-state index contributed by atoms with van der Waals surface area (Å²) in [6, 6.07) is 0. The molecule has 0 aromatic rings. The van der Waals surface area contributed by atoms with Gasteiger partial charge in [0.05, 0.1) is 12.0 Å². The van der Waals surface area contributed by atoms with Crippen molar-refractivity contribution in [1.82, 2.24) is 0 Å². The van der Waals surface area contributed by atoms with Crippen molar-refractivity contribution in [2.24, 2.45) is 5.92 Å². The average molecular weight is 324 g/mol. The van der Waals surface area contributed by atoms with Gasteiger partial charge in [-0.05, 0) is 37.4 Å². The Morgan fingerprint density at radius 1 is 1.41 bits per heavy atom. The van der Waals surface area contributed by atoms with Crippen LogP contribution >= 0.6 is 0 Å². The Morgan fingerprint density at radius 3 is 2.50 bits per heavy atom. The normalized spacial score (nSPS) is 32.5. The molecule has 4 nitrogen and oxygen atoms in total. The molecule has 0 aliphatic heterocycles. The predicted octanol–water partition coefficient (Wildman–Crippen LogP) is 3.49. The molecule has 3 atom stereocenters. The molecule has 2 aliphatic rings. The average Bonchev–Trinajstić information content (AvgIpc) is 2.79. The zero-order valence-electron chi connectivity index (χ0n) is 14.3. The van der Waals surface area contributed by atoms with Gasteiger partial charge >= 0.3 is 0 Å². The number of rotatable bonds is 4. The van der Waals surface area contributed by atoms with Gasteiger partial charge in [-0.15, -0.1) is 6.58 Å². The van der Waals surface area contributed by atoms with E-state index in [1.165, 1.54) is 0 Å². The van der Waals surface area contributed by atoms with Crippen LogP contribution in [0.1, 0.15) is 40.0 Å². The van der Waals surface area contributed by atoms with Crippen LogP contribution in [0, 0.1) is 5.92 Å². The number of aliphatic hydroxyl groups excluding tert-OH is 2. The predicted molar refractivity (Wildman–Crippen MR) is 89.2 cm³/mol. The van der Waals surface area contributed by atoms with Gasteiger partial charge in [0, 0.05) is 5.57 Å². The van der Waals surface area contributed by atoms with E-state index >= 15 is 0 Å². The van der Waals surface area contributed by atoms with Crippen molar-refractivity contribution in [3.63, 3.8) is 0 Å². The summed E-state index contributed by atoms with van der Waals surface area (Å²) in [6.45, 7) is 14.3. The van der Waals surface area contributed by atoms with Gasteiger partial charge in [0.1, 0.15) is 5.60 Å². The van der Waals surface area contributed by atoms with Crippen LogP contribution in [0.4, 0.5) is 0 Å². The lowest BCUT2D eigenvalue weighted by Gasteiger charge is -2.46. The maximum absolute atomic E-state index is 12.4. The van der Waals surface area contributed by atoms with E-state index in [1.54, 1.807) is 6.08 Å². The summed E-state index contributed by atoms with van der Waals surface area (Å²) in [5.41, 5.74) is -0.537. The number of fused-ring (bicyclic) bond motifs is 1. The molecule has 0 unspecified atom stereocenters. The zero-order chi connectivity index (χ0) is 16.9. The van der Waals surface area contributed by atoms with E-state index in [1.807, 2.05) is 0 Å². The standard InChI is InChI=1S/C17H28O4Si/c1-7-8-11-14(19)15(20)12-9-10-13(18)17(11,12)21-22(5,6)16(2,3)4/h7,12-13,18-19H,1,8-10H2,2-6H3/t12-,13-,17-/m0/s1. The Bertz CT molecular complexity index is 529. The van der Waals surface area contributed by atoms with E-state index in [0.717, 1.165) is 0 Å². The molecular weight excluding hydrogens is 296 g/mol. The van der Waals surface area contributed by atoms with Crippen molar-refractivity contribution < 1.29 is 19.4 Å². The number of carbonyl (C=O) groups excluding carboxylic acids is 1. The number of carbonyl (C=O) groups is 1. The van der Waals surface area contributed by atoms with Crippen LogP contribution in [0.3, 0.4) is 0 Å². The summed E-state index contributed by atoms with van der Waals surface area (Å²) < 4.78 is 6.60. The molecule has 2 rings (SSSR count). The Morgan fingerprint density at radius 2 is 2.00 bits per heavy atom. The minimum atomic E-state index is -2.23. The summed E-state index contributed by atoms with van der Waals surface area (Å²) in [7, 11) is -2.23. The summed E-state index contributed by atoms with van der Waals surface area (Å²) in [6.07, 6.45) is 2.34. The second kappa shape index (κ2) is 5.32. The Hall–Kier alpha value is -0.913. The minimum absolute atomic E-state index is 0.0465. The van der Waals surface area contributed by atoms with Crippen LogP contribution in [0.25, 0.3) is 0 Å². The van der Waals surface area contributed by atoms with Crippen LogP contribution in [-0.2, 0) is 9.22 Å². The van der Waals surface area contributed by atoms with Crippen molar-refractivity contribution >= 4 is 14.1 Å². The van der Waals surface area contributed by atoms with E-state index in [-0.39, 0.29) is 16.6 Å². The molecule has 0 saturated heterocycles. The number of hydrogen-bond acceptors (Lipinski definition) is 4. The summed E-state index contributed by atoms with van der Waals surface area (Å²) in [5.74, 6) is -0.971. The molecule has 2 N–H and O–H groups in total. The first-order chi connectivity index (χ1) is 9.99. The number of ketones is 1. The van der Waals surface area contributed by atoms with E-state index < -0.39 is 25.9 Å². The second-order valence-electron chi connectivity index (χ2n) is 7.99. The lowest BCUT2D eigenvalue weighted by Crippen LogP contribution is -2.56. The van der Waals surface area contributed by atoms with Gasteiger partial charge in [0.2, 0.25) is 5.78 Å². The molecule has 0 amide bonds. The van der Waals surface area contributed by atoms with E-state index in [0.29, 0.717) is 24.8 Å². The van der Waals surface area contributed by atoms with Gasteiger partial charge in [0.25, 0.3) is 0 Å². The first-order valence-corrected chi connectivity index (χ1v) is 10.9. The van der Waals surface area contributed by atoms with Gasteiger partial charge in [-0.3, -0.25) is 4.79 Å². The fourth-order valence-electron chi connectivity index (χ4n) is 3.40. The highest BCUT2D eigenvalue weighted by Gasteiger charge is 2.64. The quantitative estimate of drug-likeness (QED) is 0.613. The first-order valence-electron chi connectivity index (χ1n) is 7.95. The molecule has 0 aromatic carbocycles. The van der Waals surface area contributed by atoms with E-state index in [4.69, 9.17) is 4.43 Å². The monoisotopic (exact) mass is 324 g/mol. The second-order valence-corrected chi connectivity index (χ2v) is 12.7. The molecular formula is C17H28O4Si. The summed E-state index contributed by atoms with van der Waals surface area (Å²) in [4.78, 5) is 12.4. The Labute approximate surface area is 134 Å². The molecule has 0 spiro atoms. The first kappa shape index (κ1) is 17.4. The summed E-state index contributed by atoms with van der Waals surface area (Å²) >= 11 is 0. The summed E-state index contributed by atoms with van der Waals surface area (Å²) in [5, 5.41) is 20.9. The van der Waals surface area contributed by atoms with Gasteiger partial charge in [0.15, 0.2) is 14.1 Å². The molecule has 1 saturated carbocycles. The van der Waals surface area contributed by atoms with Crippen molar-refractivity contribution in [1.29, 1.82) is 0 Å². The number of Topliss-reactive ketones (excluding diaryl/α,β-unsaturated/α-hetero) is 1. The third-order valence-corrected chi connectivity index (χ3v) is 10.1. The third kappa shape index (κ3) is 2.30. The third-order valence-electron chi connectivity index (χ3n) is 5.63. The lowest BCUT2D eigenvalue weighted by molar-refractivity contribution is -0.125. The van der Waals surface area contributed by atoms with Gasteiger partial charge in [-0.1, -0.05) is 26.8 Å². The highest BCUT2D eigenvalue weighted by molar-refractivity contribution is 6.74. The molecule has 0 radical (unpaired) electrons. The van der Waals surface area contributed by atoms with E-state index in [2.05, 4.69) is 40.4 Å². The molecule has 5 heteroatoms. The zero-order valence-corrected chi connectivity index (χ0v) is 15.3. The maximum Gasteiger partial charge on any atom is 0.203 e. The SMILES string of the molecule is C=CCC1=C(O)C(=O)[C@@H]2CC[C@H](O)[C@]12O[Si](C)(C)C(C)(C)C. The van der Waals surface area contributed by atoms with Crippen molar-refractivity contribution in [3.05, 3.63) is 24.0 Å². The molecule has 1 fully saturated rings. The minimum Gasteiger partial charge on any atom is -0.504 e. The van der Waals surface area contributed by atoms with Crippen molar-refractivity contribution in [3.8, 4) is 0 Å². The van der Waals surface area contributed by atoms with Crippen LogP contribution in [-0.4, -0.2) is 36.0 Å². The molecule has 124 valence electrons. The van der Waals surface area contributed by atoms with Crippen LogP contribution in [0.5, 0.6) is 0 Å². The smallest absolute Gasteiger partial charge is 0.203 e. The van der Waals surface area contributed by atoms with Crippen molar-refractivity contribution in [2.75, 3.05) is 0 Å². The lowest BCUT2D eigenvalue weighted by atomic mass is 9.85. The van der Waals surface area contributed by atoms with Crippen LogP contribution in [0.15, 0.2) is 24.0 Å². The number of hydrogen-bond donors (Lipinski definition) is 2. The molecule has 0 bridgehead atoms. The van der Waals surface area contributed by atoms with Crippen LogP contribution in [0.2, 0.25) is 18.1 Å². The topological polar surface area (TPSA) is 66.8 Å². The van der Waals surface area contributed by atoms with E-state index in [9.17, 15) is 15.0 Å². The largest absolute Gasteiger partial charge is 0.504 e. The number of allylic oxidation sites excluding steroid dienone is 2. The Kier molecular flexibility index (Phi) is 4.22. The maximum atomic E-state index is 12.4.